The molecule has 4 heteroatoms. The van der Waals surface area contributed by atoms with Gasteiger partial charge in [0.05, 0.1) is 33.3 Å². The minimum Gasteiger partial charge on any atom is -0.309 e. The molecule has 0 saturated heterocycles. The Labute approximate surface area is 311 Å². The molecule has 0 unspecified atom stereocenters. The van der Waals surface area contributed by atoms with E-state index in [1.54, 1.807) is 0 Å². The molecule has 252 valence electrons. The standard InChI is InChI=1S/C50H32N4/c1-3-15-33(16-4-1)35-19-13-22-38(31-35)54-44-27-11-8-23-39(44)40-29-30-46-47(49(40)54)42-25-9-12-28-45(42)53(46)37-21-14-20-36(32-37)50-51-43-26-10-7-24-41(43)48(52-50)34-17-5-2-6-18-34/h1-32H. The summed E-state index contributed by atoms with van der Waals surface area (Å²) < 4.78 is 4.86. The average Bonchev–Trinajstić information content (AvgIpc) is 3.77. The van der Waals surface area contributed by atoms with Crippen molar-refractivity contribution in [2.24, 2.45) is 0 Å². The van der Waals surface area contributed by atoms with E-state index in [0.717, 1.165) is 50.1 Å². The lowest BCUT2D eigenvalue weighted by Gasteiger charge is -2.13. The summed E-state index contributed by atoms with van der Waals surface area (Å²) in [4.78, 5) is 10.3. The number of aromatic nitrogens is 4. The van der Waals surface area contributed by atoms with Gasteiger partial charge in [0.1, 0.15) is 0 Å². The summed E-state index contributed by atoms with van der Waals surface area (Å²) in [7, 11) is 0. The highest BCUT2D eigenvalue weighted by Crippen LogP contribution is 2.42. The number of hydrogen-bond acceptors (Lipinski definition) is 2. The molecule has 11 aromatic rings. The van der Waals surface area contributed by atoms with Crippen LogP contribution in [0.5, 0.6) is 0 Å². The molecule has 0 aliphatic rings. The summed E-state index contributed by atoms with van der Waals surface area (Å²) in [6.45, 7) is 0. The van der Waals surface area contributed by atoms with Crippen molar-refractivity contribution < 1.29 is 0 Å². The minimum absolute atomic E-state index is 0.705. The molecule has 3 heterocycles. The van der Waals surface area contributed by atoms with Crippen LogP contribution in [0.2, 0.25) is 0 Å². The van der Waals surface area contributed by atoms with Crippen LogP contribution in [-0.2, 0) is 0 Å². The fraction of sp³-hybridized carbons (Fsp3) is 0. The third-order valence-electron chi connectivity index (χ3n) is 10.7. The molecule has 11 rings (SSSR count). The third-order valence-corrected chi connectivity index (χ3v) is 10.7. The molecule has 0 fully saturated rings. The van der Waals surface area contributed by atoms with Gasteiger partial charge < -0.3 is 9.13 Å². The van der Waals surface area contributed by atoms with Crippen LogP contribution < -0.4 is 0 Å². The van der Waals surface area contributed by atoms with E-state index in [0.29, 0.717) is 5.82 Å². The van der Waals surface area contributed by atoms with Crippen LogP contribution in [0, 0.1) is 0 Å². The van der Waals surface area contributed by atoms with Crippen molar-refractivity contribution in [1.82, 2.24) is 19.1 Å². The number of benzene rings is 8. The molecule has 0 saturated carbocycles. The first-order valence-electron chi connectivity index (χ1n) is 18.3. The van der Waals surface area contributed by atoms with E-state index in [9.17, 15) is 0 Å². The molecule has 4 nitrogen and oxygen atoms in total. The zero-order chi connectivity index (χ0) is 35.6. The Hall–Kier alpha value is -7.30. The van der Waals surface area contributed by atoms with E-state index in [1.165, 1.54) is 43.7 Å². The van der Waals surface area contributed by atoms with Crippen molar-refractivity contribution in [3.05, 3.63) is 194 Å². The highest BCUT2D eigenvalue weighted by Gasteiger charge is 2.21. The average molecular weight is 689 g/mol. The predicted octanol–water partition coefficient (Wildman–Crippen LogP) is 12.8. The lowest BCUT2D eigenvalue weighted by atomic mass is 10.0. The second-order valence-corrected chi connectivity index (χ2v) is 13.8. The Morgan fingerprint density at radius 2 is 0.907 bits per heavy atom. The van der Waals surface area contributed by atoms with Gasteiger partial charge in [0.15, 0.2) is 5.82 Å². The fourth-order valence-electron chi connectivity index (χ4n) is 8.32. The van der Waals surface area contributed by atoms with Gasteiger partial charge in [0, 0.05) is 49.4 Å². The maximum atomic E-state index is 5.20. The summed E-state index contributed by atoms with van der Waals surface area (Å²) in [5.41, 5.74) is 13.2. The van der Waals surface area contributed by atoms with Gasteiger partial charge in [-0.3, -0.25) is 0 Å². The molecule has 0 atom stereocenters. The lowest BCUT2D eigenvalue weighted by molar-refractivity contribution is 1.17. The van der Waals surface area contributed by atoms with E-state index in [1.807, 2.05) is 12.1 Å². The van der Waals surface area contributed by atoms with Crippen LogP contribution in [0.4, 0.5) is 0 Å². The van der Waals surface area contributed by atoms with Crippen molar-refractivity contribution in [2.75, 3.05) is 0 Å². The van der Waals surface area contributed by atoms with Crippen molar-refractivity contribution in [1.29, 1.82) is 0 Å². The molecule has 0 amide bonds. The van der Waals surface area contributed by atoms with E-state index in [2.05, 4.69) is 191 Å². The van der Waals surface area contributed by atoms with Crippen LogP contribution in [0.25, 0.3) is 99.7 Å². The minimum atomic E-state index is 0.705. The summed E-state index contributed by atoms with van der Waals surface area (Å²) in [5.74, 6) is 0.705. The Morgan fingerprint density at radius 1 is 0.333 bits per heavy atom. The molecule has 0 bridgehead atoms. The number of fused-ring (bicyclic) bond motifs is 8. The number of rotatable bonds is 5. The number of hydrogen-bond donors (Lipinski definition) is 0. The van der Waals surface area contributed by atoms with Gasteiger partial charge in [0.25, 0.3) is 0 Å². The molecule has 8 aromatic carbocycles. The highest BCUT2D eigenvalue weighted by atomic mass is 15.0. The monoisotopic (exact) mass is 688 g/mol. The maximum Gasteiger partial charge on any atom is 0.160 e. The first-order valence-corrected chi connectivity index (χ1v) is 18.3. The molecule has 3 aromatic heterocycles. The van der Waals surface area contributed by atoms with Crippen molar-refractivity contribution in [3.8, 4) is 45.1 Å². The number of nitrogens with zero attached hydrogens (tertiary/aromatic N) is 4. The molecule has 0 aliphatic heterocycles. The first-order chi connectivity index (χ1) is 26.8. The van der Waals surface area contributed by atoms with Gasteiger partial charge in [0.2, 0.25) is 0 Å². The van der Waals surface area contributed by atoms with Gasteiger partial charge >= 0.3 is 0 Å². The second kappa shape index (κ2) is 12.1. The summed E-state index contributed by atoms with van der Waals surface area (Å²) in [6.07, 6.45) is 0. The van der Waals surface area contributed by atoms with Crippen LogP contribution in [0.1, 0.15) is 0 Å². The van der Waals surface area contributed by atoms with Gasteiger partial charge in [-0.25, -0.2) is 9.97 Å². The molecular weight excluding hydrogens is 657 g/mol. The second-order valence-electron chi connectivity index (χ2n) is 13.8. The fourth-order valence-corrected chi connectivity index (χ4v) is 8.32. The maximum absolute atomic E-state index is 5.20. The summed E-state index contributed by atoms with van der Waals surface area (Å²) in [5, 5.41) is 5.95. The first kappa shape index (κ1) is 30.3. The number of para-hydroxylation sites is 3. The van der Waals surface area contributed by atoms with Crippen LogP contribution in [0.3, 0.4) is 0 Å². The predicted molar refractivity (Wildman–Crippen MR) is 225 cm³/mol. The Kier molecular flexibility index (Phi) is 6.82. The van der Waals surface area contributed by atoms with Crippen molar-refractivity contribution in [3.63, 3.8) is 0 Å². The van der Waals surface area contributed by atoms with Gasteiger partial charge in [-0.15, -0.1) is 0 Å². The lowest BCUT2D eigenvalue weighted by Crippen LogP contribution is -1.98. The van der Waals surface area contributed by atoms with Crippen LogP contribution in [0.15, 0.2) is 194 Å². The SMILES string of the molecule is c1ccc(-c2cccc(-n3c4ccccc4c4ccc5c(c6ccccc6n5-c5cccc(-c6nc(-c7ccccc7)c7ccccc7n6)c5)c43)c2)cc1. The molecule has 0 aliphatic carbocycles. The zero-order valence-corrected chi connectivity index (χ0v) is 29.3. The van der Waals surface area contributed by atoms with E-state index < -0.39 is 0 Å². The largest absolute Gasteiger partial charge is 0.309 e. The van der Waals surface area contributed by atoms with Gasteiger partial charge in [-0.1, -0.05) is 146 Å². The summed E-state index contributed by atoms with van der Waals surface area (Å²) in [6, 6.07) is 69.0. The van der Waals surface area contributed by atoms with Crippen molar-refractivity contribution >= 4 is 54.5 Å². The Bertz CT molecular complexity index is 3210. The van der Waals surface area contributed by atoms with Gasteiger partial charge in [-0.05, 0) is 59.7 Å². The highest BCUT2D eigenvalue weighted by molar-refractivity contribution is 6.26. The van der Waals surface area contributed by atoms with Crippen LogP contribution >= 0.6 is 0 Å². The van der Waals surface area contributed by atoms with Gasteiger partial charge in [-0.2, -0.15) is 0 Å². The molecule has 0 N–H and O–H groups in total. The van der Waals surface area contributed by atoms with E-state index in [4.69, 9.17) is 9.97 Å². The smallest absolute Gasteiger partial charge is 0.160 e. The molecule has 0 radical (unpaired) electrons. The zero-order valence-electron chi connectivity index (χ0n) is 29.3. The quantitative estimate of drug-likeness (QED) is 0.180. The molecule has 54 heavy (non-hydrogen) atoms. The van der Waals surface area contributed by atoms with E-state index >= 15 is 0 Å². The Balaban J connectivity index is 1.17. The topological polar surface area (TPSA) is 35.6 Å². The molecular formula is C50H32N4. The van der Waals surface area contributed by atoms with Crippen molar-refractivity contribution in [2.45, 2.75) is 0 Å². The molecule has 0 spiro atoms. The Morgan fingerprint density at radius 3 is 1.69 bits per heavy atom. The third kappa shape index (κ3) is 4.70. The summed E-state index contributed by atoms with van der Waals surface area (Å²) >= 11 is 0. The van der Waals surface area contributed by atoms with E-state index in [-0.39, 0.29) is 0 Å². The van der Waals surface area contributed by atoms with Crippen LogP contribution in [-0.4, -0.2) is 19.1 Å². The normalized spacial score (nSPS) is 11.7.